The molecule has 0 saturated heterocycles. The maximum Gasteiger partial charge on any atom is 0.238 e. The summed E-state index contributed by atoms with van der Waals surface area (Å²) in [6.45, 7) is 7.52. The van der Waals surface area contributed by atoms with Crippen molar-refractivity contribution in [3.8, 4) is 0 Å². The average Bonchev–Trinajstić information content (AvgIpc) is 2.47. The molecule has 0 aliphatic heterocycles. The Morgan fingerprint density at radius 2 is 2.10 bits per heavy atom. The van der Waals surface area contributed by atoms with E-state index in [-0.39, 0.29) is 12.5 Å². The quantitative estimate of drug-likeness (QED) is 0.663. The van der Waals surface area contributed by atoms with E-state index >= 15 is 0 Å². The molecule has 1 heterocycles. The van der Waals surface area contributed by atoms with Gasteiger partial charge in [0, 0.05) is 26.7 Å². The van der Waals surface area contributed by atoms with Crippen LogP contribution in [0, 0.1) is 0 Å². The van der Waals surface area contributed by atoms with Crippen molar-refractivity contribution >= 4 is 17.4 Å². The molecule has 2 N–H and O–H groups in total. The van der Waals surface area contributed by atoms with E-state index in [9.17, 15) is 4.79 Å². The maximum absolute atomic E-state index is 11.7. The average molecular weight is 280 g/mol. The van der Waals surface area contributed by atoms with Crippen LogP contribution >= 0.6 is 0 Å². The van der Waals surface area contributed by atoms with Crippen molar-refractivity contribution in [1.29, 1.82) is 0 Å². The molecule has 20 heavy (non-hydrogen) atoms. The molecular formula is C14H24N4O2. The van der Waals surface area contributed by atoms with Crippen LogP contribution in [0.5, 0.6) is 0 Å². The normalized spacial score (nSPS) is 10.3. The fraction of sp³-hybridized carbons (Fsp3) is 0.571. The summed E-state index contributed by atoms with van der Waals surface area (Å²) < 4.78 is 4.89. The van der Waals surface area contributed by atoms with Crippen molar-refractivity contribution in [3.05, 3.63) is 18.3 Å². The Balaban J connectivity index is 2.42. The van der Waals surface area contributed by atoms with E-state index in [1.807, 2.05) is 12.1 Å². The number of ether oxygens (including phenoxy) is 1. The lowest BCUT2D eigenvalue weighted by atomic mass is 10.3. The summed E-state index contributed by atoms with van der Waals surface area (Å²) in [4.78, 5) is 18.2. The summed E-state index contributed by atoms with van der Waals surface area (Å²) in [7, 11) is 1.63. The minimum Gasteiger partial charge on any atom is -0.383 e. The zero-order valence-electron chi connectivity index (χ0n) is 12.5. The van der Waals surface area contributed by atoms with Gasteiger partial charge in [0.25, 0.3) is 0 Å². The predicted octanol–water partition coefficient (Wildman–Crippen LogP) is 1.10. The number of hydrogen-bond donors (Lipinski definition) is 2. The molecule has 0 atom stereocenters. The van der Waals surface area contributed by atoms with Gasteiger partial charge in [0.2, 0.25) is 5.91 Å². The summed E-state index contributed by atoms with van der Waals surface area (Å²) in [6.07, 6.45) is 1.68. The summed E-state index contributed by atoms with van der Waals surface area (Å²) in [5, 5.41) is 5.79. The number of aromatic nitrogens is 1. The second-order valence-electron chi connectivity index (χ2n) is 4.30. The second kappa shape index (κ2) is 9.28. The lowest BCUT2D eigenvalue weighted by Crippen LogP contribution is -2.30. The first-order valence-corrected chi connectivity index (χ1v) is 6.91. The third kappa shape index (κ3) is 5.54. The van der Waals surface area contributed by atoms with E-state index in [0.717, 1.165) is 18.9 Å². The zero-order chi connectivity index (χ0) is 14.8. The van der Waals surface area contributed by atoms with Gasteiger partial charge in [-0.15, -0.1) is 0 Å². The number of nitrogens with zero attached hydrogens (tertiary/aromatic N) is 2. The monoisotopic (exact) mass is 280 g/mol. The van der Waals surface area contributed by atoms with Gasteiger partial charge < -0.3 is 20.3 Å². The molecule has 0 fully saturated rings. The highest BCUT2D eigenvalue weighted by Crippen LogP contribution is 2.13. The summed E-state index contributed by atoms with van der Waals surface area (Å²) in [5.41, 5.74) is 0.708. The lowest BCUT2D eigenvalue weighted by molar-refractivity contribution is -0.115. The smallest absolute Gasteiger partial charge is 0.238 e. The minimum atomic E-state index is -0.0847. The highest BCUT2D eigenvalue weighted by Gasteiger charge is 2.05. The number of methoxy groups -OCH3 is 1. The Hall–Kier alpha value is -1.66. The number of amides is 1. The van der Waals surface area contributed by atoms with Crippen LogP contribution in [0.2, 0.25) is 0 Å². The van der Waals surface area contributed by atoms with Gasteiger partial charge in [0.05, 0.1) is 25.0 Å². The molecule has 1 rings (SSSR count). The molecular weight excluding hydrogens is 256 g/mol. The number of anilines is 2. The summed E-state index contributed by atoms with van der Waals surface area (Å²) >= 11 is 0. The van der Waals surface area contributed by atoms with E-state index in [4.69, 9.17) is 4.74 Å². The Morgan fingerprint density at radius 1 is 1.35 bits per heavy atom. The van der Waals surface area contributed by atoms with Gasteiger partial charge >= 0.3 is 0 Å². The number of pyridine rings is 1. The third-order valence-corrected chi connectivity index (χ3v) is 2.89. The molecule has 0 radical (unpaired) electrons. The van der Waals surface area contributed by atoms with Crippen LogP contribution in [-0.4, -0.2) is 50.8 Å². The van der Waals surface area contributed by atoms with Gasteiger partial charge in [0.15, 0.2) is 0 Å². The molecule has 112 valence electrons. The lowest BCUT2D eigenvalue weighted by Gasteiger charge is -2.19. The molecule has 1 aromatic heterocycles. The van der Waals surface area contributed by atoms with E-state index in [0.29, 0.717) is 18.8 Å². The molecule has 0 bridgehead atoms. The van der Waals surface area contributed by atoms with Crippen molar-refractivity contribution in [3.63, 3.8) is 0 Å². The number of carbonyl (C=O) groups excluding carboxylic acids is 1. The Labute approximate surface area is 120 Å². The van der Waals surface area contributed by atoms with E-state index in [2.05, 4.69) is 34.4 Å². The molecule has 0 saturated carbocycles. The van der Waals surface area contributed by atoms with Gasteiger partial charge in [-0.25, -0.2) is 4.98 Å². The number of hydrogen-bond acceptors (Lipinski definition) is 5. The van der Waals surface area contributed by atoms with Crippen LogP contribution in [-0.2, 0) is 9.53 Å². The Kier molecular flexibility index (Phi) is 7.60. The standard InChI is InChI=1S/C14H24N4O2/c1-4-18(5-2)13-7-6-12(10-16-13)17-14(19)11-15-8-9-20-3/h6-7,10,15H,4-5,8-9,11H2,1-3H3,(H,17,19). The first-order chi connectivity index (χ1) is 9.71. The molecule has 0 aromatic carbocycles. The SMILES string of the molecule is CCN(CC)c1ccc(NC(=O)CNCCOC)cn1. The molecule has 6 nitrogen and oxygen atoms in total. The fourth-order valence-corrected chi connectivity index (χ4v) is 1.78. The van der Waals surface area contributed by atoms with Gasteiger partial charge in [0.1, 0.15) is 5.82 Å². The van der Waals surface area contributed by atoms with Crippen molar-refractivity contribution in [2.45, 2.75) is 13.8 Å². The Bertz CT molecular complexity index is 391. The molecule has 0 aliphatic rings. The van der Waals surface area contributed by atoms with E-state index in [1.54, 1.807) is 13.3 Å². The van der Waals surface area contributed by atoms with Crippen molar-refractivity contribution in [2.75, 3.05) is 50.1 Å². The van der Waals surface area contributed by atoms with Crippen LogP contribution in [0.15, 0.2) is 18.3 Å². The second-order valence-corrected chi connectivity index (χ2v) is 4.30. The molecule has 1 amide bonds. The zero-order valence-corrected chi connectivity index (χ0v) is 12.5. The number of rotatable bonds is 9. The van der Waals surface area contributed by atoms with Crippen LogP contribution < -0.4 is 15.5 Å². The number of nitrogens with one attached hydrogen (secondary N) is 2. The van der Waals surface area contributed by atoms with Gasteiger partial charge in [-0.2, -0.15) is 0 Å². The molecule has 6 heteroatoms. The third-order valence-electron chi connectivity index (χ3n) is 2.89. The largest absolute Gasteiger partial charge is 0.383 e. The van der Waals surface area contributed by atoms with Crippen LogP contribution in [0.25, 0.3) is 0 Å². The first kappa shape index (κ1) is 16.4. The fourth-order valence-electron chi connectivity index (χ4n) is 1.78. The molecule has 0 aliphatic carbocycles. The topological polar surface area (TPSA) is 66.5 Å². The van der Waals surface area contributed by atoms with E-state index < -0.39 is 0 Å². The van der Waals surface area contributed by atoms with Crippen LogP contribution in [0.1, 0.15) is 13.8 Å². The molecule has 1 aromatic rings. The summed E-state index contributed by atoms with van der Waals surface area (Å²) in [6, 6.07) is 3.79. The van der Waals surface area contributed by atoms with Crippen molar-refractivity contribution < 1.29 is 9.53 Å². The van der Waals surface area contributed by atoms with Crippen molar-refractivity contribution in [1.82, 2.24) is 10.3 Å². The predicted molar refractivity (Wildman–Crippen MR) is 81.2 cm³/mol. The van der Waals surface area contributed by atoms with E-state index in [1.165, 1.54) is 0 Å². The molecule has 0 spiro atoms. The van der Waals surface area contributed by atoms with Gasteiger partial charge in [-0.1, -0.05) is 0 Å². The van der Waals surface area contributed by atoms with Crippen LogP contribution in [0.4, 0.5) is 11.5 Å². The van der Waals surface area contributed by atoms with Gasteiger partial charge in [-0.3, -0.25) is 4.79 Å². The first-order valence-electron chi connectivity index (χ1n) is 6.91. The Morgan fingerprint density at radius 3 is 2.65 bits per heavy atom. The maximum atomic E-state index is 11.7. The van der Waals surface area contributed by atoms with Crippen LogP contribution in [0.3, 0.4) is 0 Å². The summed E-state index contributed by atoms with van der Waals surface area (Å²) in [5.74, 6) is 0.838. The number of carbonyl (C=O) groups is 1. The highest BCUT2D eigenvalue weighted by atomic mass is 16.5. The van der Waals surface area contributed by atoms with Crippen molar-refractivity contribution in [2.24, 2.45) is 0 Å². The minimum absolute atomic E-state index is 0.0847. The molecule has 0 unspecified atom stereocenters. The van der Waals surface area contributed by atoms with Gasteiger partial charge in [-0.05, 0) is 26.0 Å². The highest BCUT2D eigenvalue weighted by molar-refractivity contribution is 5.92.